The number of carbonyl (C=O) groups excluding carboxylic acids is 1. The van der Waals surface area contributed by atoms with Crippen molar-refractivity contribution in [2.45, 2.75) is 6.92 Å². The van der Waals surface area contributed by atoms with E-state index in [4.69, 9.17) is 4.74 Å². The smallest absolute Gasteiger partial charge is 0.339 e. The minimum atomic E-state index is -0.320. The molecule has 3 aromatic rings. The maximum absolute atomic E-state index is 11.7. The van der Waals surface area contributed by atoms with E-state index in [9.17, 15) is 4.79 Å². The summed E-state index contributed by atoms with van der Waals surface area (Å²) in [4.78, 5) is 16.0. The molecule has 1 aromatic carbocycles. The van der Waals surface area contributed by atoms with Crippen molar-refractivity contribution in [2.75, 3.05) is 6.61 Å². The molecule has 0 spiro atoms. The lowest BCUT2D eigenvalue weighted by molar-refractivity contribution is 0.0526. The number of esters is 1. The molecule has 0 saturated heterocycles. The predicted octanol–water partition coefficient (Wildman–Crippen LogP) is 3.63. The summed E-state index contributed by atoms with van der Waals surface area (Å²) in [5, 5.41) is 4.18. The van der Waals surface area contributed by atoms with E-state index in [-0.39, 0.29) is 5.97 Å². The van der Waals surface area contributed by atoms with Crippen molar-refractivity contribution in [3.8, 4) is 0 Å². The van der Waals surface area contributed by atoms with Crippen LogP contribution in [0.2, 0.25) is 0 Å². The fourth-order valence-corrected chi connectivity index (χ4v) is 2.78. The summed E-state index contributed by atoms with van der Waals surface area (Å²) in [5.74, 6) is -0.320. The molecule has 0 aliphatic rings. The van der Waals surface area contributed by atoms with Gasteiger partial charge < -0.3 is 4.74 Å². The average molecular weight is 257 g/mol. The van der Waals surface area contributed by atoms with Crippen LogP contribution in [-0.4, -0.2) is 17.6 Å². The molecule has 2 heterocycles. The lowest BCUT2D eigenvalue weighted by Crippen LogP contribution is -2.04. The fourth-order valence-electron chi connectivity index (χ4n) is 1.98. The Balaban J connectivity index is 2.23. The fraction of sp³-hybridized carbons (Fsp3) is 0.143. The molecular formula is C14H11NO2S. The number of nitrogens with zero attached hydrogens (tertiary/aromatic N) is 1. The van der Waals surface area contributed by atoms with Crippen LogP contribution < -0.4 is 0 Å². The van der Waals surface area contributed by atoms with Gasteiger partial charge in [0.1, 0.15) is 0 Å². The summed E-state index contributed by atoms with van der Waals surface area (Å²) in [6.07, 6.45) is 1.57. The Morgan fingerprint density at radius 3 is 3.06 bits per heavy atom. The molecule has 0 N–H and O–H groups in total. The summed E-state index contributed by atoms with van der Waals surface area (Å²) in [6.45, 7) is 2.17. The van der Waals surface area contributed by atoms with Crippen LogP contribution in [-0.2, 0) is 4.74 Å². The first-order chi connectivity index (χ1) is 8.79. The van der Waals surface area contributed by atoms with E-state index in [2.05, 4.69) is 17.1 Å². The number of benzene rings is 1. The maximum Gasteiger partial charge on any atom is 0.339 e. The topological polar surface area (TPSA) is 39.2 Å². The van der Waals surface area contributed by atoms with E-state index >= 15 is 0 Å². The third-order valence-electron chi connectivity index (χ3n) is 2.81. The van der Waals surface area contributed by atoms with Gasteiger partial charge in [0, 0.05) is 21.7 Å². The number of aromatic nitrogens is 1. The summed E-state index contributed by atoms with van der Waals surface area (Å²) < 4.78 is 6.19. The van der Waals surface area contributed by atoms with Gasteiger partial charge in [-0.25, -0.2) is 4.79 Å². The van der Waals surface area contributed by atoms with Gasteiger partial charge in [-0.05, 0) is 36.6 Å². The summed E-state index contributed by atoms with van der Waals surface area (Å²) in [7, 11) is 0. The third-order valence-corrected chi connectivity index (χ3v) is 3.69. The number of hydrogen-bond acceptors (Lipinski definition) is 4. The van der Waals surface area contributed by atoms with Crippen LogP contribution >= 0.6 is 11.3 Å². The first kappa shape index (κ1) is 11.2. The normalized spacial score (nSPS) is 10.9. The molecule has 3 rings (SSSR count). The minimum Gasteiger partial charge on any atom is -0.462 e. The Morgan fingerprint density at radius 2 is 2.22 bits per heavy atom. The minimum absolute atomic E-state index is 0.320. The second kappa shape index (κ2) is 4.38. The Morgan fingerprint density at radius 1 is 1.33 bits per heavy atom. The molecule has 3 nitrogen and oxygen atoms in total. The average Bonchev–Trinajstić information content (AvgIpc) is 2.87. The number of rotatable bonds is 2. The second-order valence-electron chi connectivity index (χ2n) is 3.91. The van der Waals surface area contributed by atoms with E-state index in [1.54, 1.807) is 24.5 Å². The lowest BCUT2D eigenvalue weighted by Gasteiger charge is -2.04. The Kier molecular flexibility index (Phi) is 2.72. The molecule has 0 atom stereocenters. The summed E-state index contributed by atoms with van der Waals surface area (Å²) >= 11 is 1.68. The van der Waals surface area contributed by atoms with Gasteiger partial charge in [0.15, 0.2) is 0 Å². The van der Waals surface area contributed by atoms with Crippen LogP contribution in [0.3, 0.4) is 0 Å². The first-order valence-electron chi connectivity index (χ1n) is 5.72. The van der Waals surface area contributed by atoms with Crippen LogP contribution in [0, 0.1) is 0 Å². The van der Waals surface area contributed by atoms with Gasteiger partial charge in [-0.2, -0.15) is 0 Å². The van der Waals surface area contributed by atoms with Crippen LogP contribution in [0.15, 0.2) is 35.8 Å². The van der Waals surface area contributed by atoms with Gasteiger partial charge in [0.05, 0.1) is 17.7 Å². The third kappa shape index (κ3) is 1.75. The van der Waals surface area contributed by atoms with Gasteiger partial charge in [-0.15, -0.1) is 11.3 Å². The molecule has 0 radical (unpaired) electrons. The Bertz CT molecular complexity index is 733. The quantitative estimate of drug-likeness (QED) is 0.658. The molecule has 0 amide bonds. The highest BCUT2D eigenvalue weighted by atomic mass is 32.1. The number of thiophene rings is 1. The number of fused-ring (bicyclic) bond motifs is 3. The van der Waals surface area contributed by atoms with Gasteiger partial charge in [0.25, 0.3) is 0 Å². The highest BCUT2D eigenvalue weighted by Crippen LogP contribution is 2.28. The van der Waals surface area contributed by atoms with E-state index in [1.807, 2.05) is 17.5 Å². The zero-order valence-electron chi connectivity index (χ0n) is 9.84. The monoisotopic (exact) mass is 257 g/mol. The van der Waals surface area contributed by atoms with Gasteiger partial charge >= 0.3 is 5.97 Å². The van der Waals surface area contributed by atoms with Crippen LogP contribution in [0.25, 0.3) is 21.0 Å². The van der Waals surface area contributed by atoms with Crippen molar-refractivity contribution in [1.29, 1.82) is 0 Å². The maximum atomic E-state index is 11.7. The molecule has 18 heavy (non-hydrogen) atoms. The standard InChI is InChI=1S/C14H11NO2S/c1-2-17-14(16)9-7-11-10-5-6-18-13(10)4-3-12(11)15-8-9/h3-8H,2H2,1H3. The van der Waals surface area contributed by atoms with Crippen molar-refractivity contribution >= 4 is 38.3 Å². The molecule has 4 heteroatoms. The van der Waals surface area contributed by atoms with E-state index < -0.39 is 0 Å². The van der Waals surface area contributed by atoms with Crippen molar-refractivity contribution in [2.24, 2.45) is 0 Å². The zero-order valence-corrected chi connectivity index (χ0v) is 10.7. The Labute approximate surface area is 108 Å². The predicted molar refractivity (Wildman–Crippen MR) is 73.1 cm³/mol. The molecular weight excluding hydrogens is 246 g/mol. The SMILES string of the molecule is CCOC(=O)c1cnc2ccc3sccc3c2c1. The van der Waals surface area contributed by atoms with E-state index in [0.29, 0.717) is 12.2 Å². The molecule has 0 saturated carbocycles. The van der Waals surface area contributed by atoms with Crippen LogP contribution in [0.5, 0.6) is 0 Å². The largest absolute Gasteiger partial charge is 0.462 e. The summed E-state index contributed by atoms with van der Waals surface area (Å²) in [5.41, 5.74) is 1.40. The van der Waals surface area contributed by atoms with Gasteiger partial charge in [-0.3, -0.25) is 4.98 Å². The Hall–Kier alpha value is -1.94. The zero-order chi connectivity index (χ0) is 12.5. The van der Waals surface area contributed by atoms with Crippen LogP contribution in [0.4, 0.5) is 0 Å². The van der Waals surface area contributed by atoms with E-state index in [1.165, 1.54) is 4.70 Å². The molecule has 2 aromatic heterocycles. The van der Waals surface area contributed by atoms with E-state index in [0.717, 1.165) is 16.3 Å². The number of ether oxygens (including phenoxy) is 1. The van der Waals surface area contributed by atoms with Crippen molar-refractivity contribution in [3.63, 3.8) is 0 Å². The number of pyridine rings is 1. The van der Waals surface area contributed by atoms with Crippen molar-refractivity contribution in [3.05, 3.63) is 41.4 Å². The number of carbonyl (C=O) groups is 1. The van der Waals surface area contributed by atoms with Gasteiger partial charge in [-0.1, -0.05) is 0 Å². The lowest BCUT2D eigenvalue weighted by atomic mass is 10.1. The molecule has 0 bridgehead atoms. The molecule has 0 unspecified atom stereocenters. The molecule has 0 fully saturated rings. The molecule has 90 valence electrons. The van der Waals surface area contributed by atoms with Crippen molar-refractivity contribution < 1.29 is 9.53 Å². The highest BCUT2D eigenvalue weighted by Gasteiger charge is 2.09. The van der Waals surface area contributed by atoms with Gasteiger partial charge in [0.2, 0.25) is 0 Å². The first-order valence-corrected chi connectivity index (χ1v) is 6.60. The van der Waals surface area contributed by atoms with Crippen LogP contribution in [0.1, 0.15) is 17.3 Å². The molecule has 0 aliphatic heterocycles. The number of hydrogen-bond donors (Lipinski definition) is 0. The second-order valence-corrected chi connectivity index (χ2v) is 4.86. The molecule has 0 aliphatic carbocycles. The van der Waals surface area contributed by atoms with Crippen molar-refractivity contribution in [1.82, 2.24) is 4.98 Å². The summed E-state index contributed by atoms with van der Waals surface area (Å²) in [6, 6.07) is 7.94. The highest BCUT2D eigenvalue weighted by molar-refractivity contribution is 7.17.